The molecule has 0 aromatic carbocycles. The summed E-state index contributed by atoms with van der Waals surface area (Å²) in [5.41, 5.74) is 2.42. The van der Waals surface area contributed by atoms with E-state index < -0.39 is 0 Å². The van der Waals surface area contributed by atoms with Crippen LogP contribution in [0.25, 0.3) is 0 Å². The number of nitrogens with one attached hydrogen (secondary N) is 1. The van der Waals surface area contributed by atoms with Crippen molar-refractivity contribution in [3.8, 4) is 0 Å². The topological polar surface area (TPSA) is 24.9 Å². The first-order valence-electron chi connectivity index (χ1n) is 6.00. The van der Waals surface area contributed by atoms with Crippen LogP contribution in [0.4, 0.5) is 0 Å². The summed E-state index contributed by atoms with van der Waals surface area (Å²) in [5.74, 6) is 0. The summed E-state index contributed by atoms with van der Waals surface area (Å²) in [6, 6.07) is 6.60. The molecule has 0 saturated carbocycles. The van der Waals surface area contributed by atoms with E-state index in [1.807, 2.05) is 18.3 Å². The van der Waals surface area contributed by atoms with Crippen LogP contribution in [0.1, 0.15) is 32.4 Å². The molecule has 2 heteroatoms. The molecule has 1 unspecified atom stereocenters. The highest BCUT2D eigenvalue weighted by atomic mass is 14.9. The molecule has 1 atom stereocenters. The van der Waals surface area contributed by atoms with Crippen LogP contribution in [-0.2, 0) is 6.42 Å². The van der Waals surface area contributed by atoms with E-state index in [1.54, 1.807) is 0 Å². The van der Waals surface area contributed by atoms with Gasteiger partial charge in [0.15, 0.2) is 0 Å². The van der Waals surface area contributed by atoms with Gasteiger partial charge in [0.1, 0.15) is 0 Å². The summed E-state index contributed by atoms with van der Waals surface area (Å²) in [4.78, 5) is 4.37. The highest BCUT2D eigenvalue weighted by Gasteiger charge is 2.08. The molecular formula is C14H22N2. The Hall–Kier alpha value is -1.15. The van der Waals surface area contributed by atoms with Crippen molar-refractivity contribution in [3.05, 3.63) is 42.2 Å². The van der Waals surface area contributed by atoms with E-state index >= 15 is 0 Å². The monoisotopic (exact) mass is 218 g/mol. The molecule has 1 aromatic rings. The zero-order chi connectivity index (χ0) is 11.8. The Morgan fingerprint density at radius 2 is 2.31 bits per heavy atom. The summed E-state index contributed by atoms with van der Waals surface area (Å²) in [5, 5.41) is 3.51. The highest BCUT2D eigenvalue weighted by Crippen LogP contribution is 2.09. The number of nitrogens with zero attached hydrogens (tertiary/aromatic N) is 1. The molecule has 0 saturated heterocycles. The second-order valence-corrected chi connectivity index (χ2v) is 4.28. The average Bonchev–Trinajstić information content (AvgIpc) is 2.27. The van der Waals surface area contributed by atoms with Crippen LogP contribution >= 0.6 is 0 Å². The number of rotatable bonds is 7. The number of aromatic nitrogens is 1. The Morgan fingerprint density at radius 3 is 2.88 bits per heavy atom. The van der Waals surface area contributed by atoms with Gasteiger partial charge in [0.25, 0.3) is 0 Å². The highest BCUT2D eigenvalue weighted by molar-refractivity contribution is 5.05. The maximum Gasteiger partial charge on any atom is 0.0419 e. The Labute approximate surface area is 98.8 Å². The molecule has 1 aromatic heterocycles. The van der Waals surface area contributed by atoms with Crippen LogP contribution in [0.3, 0.4) is 0 Å². The van der Waals surface area contributed by atoms with E-state index in [1.165, 1.54) is 5.57 Å². The fourth-order valence-corrected chi connectivity index (χ4v) is 1.76. The van der Waals surface area contributed by atoms with Crippen LogP contribution in [-0.4, -0.2) is 17.6 Å². The maximum absolute atomic E-state index is 4.37. The van der Waals surface area contributed by atoms with Crippen molar-refractivity contribution in [1.29, 1.82) is 0 Å². The third-order valence-electron chi connectivity index (χ3n) is 2.59. The first kappa shape index (κ1) is 12.9. The van der Waals surface area contributed by atoms with Gasteiger partial charge in [-0.05, 0) is 38.4 Å². The standard InChI is InChI=1S/C14H22N2/c1-4-15-14(9-8-12(2)3)11-13-7-5-6-10-16-13/h5-7,10,14-15H,2,4,8-9,11H2,1,3H3. The number of likely N-dealkylation sites (N-methyl/N-ethyl adjacent to an activating group) is 1. The molecule has 0 fully saturated rings. The lowest BCUT2D eigenvalue weighted by Crippen LogP contribution is -2.31. The summed E-state index contributed by atoms with van der Waals surface area (Å²) >= 11 is 0. The molecule has 0 aliphatic heterocycles. The second-order valence-electron chi connectivity index (χ2n) is 4.28. The van der Waals surface area contributed by atoms with Gasteiger partial charge in [-0.2, -0.15) is 0 Å². The summed E-state index contributed by atoms with van der Waals surface area (Å²) in [6.45, 7) is 9.19. The number of hydrogen-bond donors (Lipinski definition) is 1. The number of hydrogen-bond acceptors (Lipinski definition) is 2. The van der Waals surface area contributed by atoms with E-state index in [9.17, 15) is 0 Å². The molecule has 2 nitrogen and oxygen atoms in total. The summed E-state index contributed by atoms with van der Waals surface area (Å²) in [6.07, 6.45) is 5.09. The third kappa shape index (κ3) is 5.08. The number of pyridine rings is 1. The van der Waals surface area contributed by atoms with Gasteiger partial charge in [0.05, 0.1) is 0 Å². The van der Waals surface area contributed by atoms with Gasteiger partial charge in [-0.15, -0.1) is 6.58 Å². The van der Waals surface area contributed by atoms with Gasteiger partial charge in [-0.25, -0.2) is 0 Å². The van der Waals surface area contributed by atoms with Crippen LogP contribution < -0.4 is 5.32 Å². The molecule has 0 spiro atoms. The fourth-order valence-electron chi connectivity index (χ4n) is 1.76. The van der Waals surface area contributed by atoms with Gasteiger partial charge < -0.3 is 5.32 Å². The molecule has 1 heterocycles. The lowest BCUT2D eigenvalue weighted by Gasteiger charge is -2.17. The quantitative estimate of drug-likeness (QED) is 0.712. The minimum atomic E-state index is 0.511. The van der Waals surface area contributed by atoms with Crippen molar-refractivity contribution in [2.45, 2.75) is 39.2 Å². The van der Waals surface area contributed by atoms with Gasteiger partial charge in [-0.3, -0.25) is 4.98 Å². The van der Waals surface area contributed by atoms with Gasteiger partial charge in [0.2, 0.25) is 0 Å². The normalized spacial score (nSPS) is 12.4. The van der Waals surface area contributed by atoms with Crippen molar-refractivity contribution in [2.75, 3.05) is 6.54 Å². The Balaban J connectivity index is 2.47. The Morgan fingerprint density at radius 1 is 1.50 bits per heavy atom. The minimum Gasteiger partial charge on any atom is -0.314 e. The minimum absolute atomic E-state index is 0.511. The van der Waals surface area contributed by atoms with Crippen LogP contribution in [0.2, 0.25) is 0 Å². The predicted molar refractivity (Wildman–Crippen MR) is 69.5 cm³/mol. The van der Waals surface area contributed by atoms with Crippen molar-refractivity contribution < 1.29 is 0 Å². The first-order valence-corrected chi connectivity index (χ1v) is 6.00. The van der Waals surface area contributed by atoms with Crippen LogP contribution in [0.15, 0.2) is 36.5 Å². The molecule has 0 amide bonds. The van der Waals surface area contributed by atoms with Crippen LogP contribution in [0.5, 0.6) is 0 Å². The van der Waals surface area contributed by atoms with E-state index in [0.29, 0.717) is 6.04 Å². The van der Waals surface area contributed by atoms with Crippen molar-refractivity contribution in [2.24, 2.45) is 0 Å². The van der Waals surface area contributed by atoms with Gasteiger partial charge in [0, 0.05) is 24.4 Å². The Bertz CT molecular complexity index is 306. The third-order valence-corrected chi connectivity index (χ3v) is 2.59. The molecule has 1 rings (SSSR count). The SMILES string of the molecule is C=C(C)CCC(Cc1ccccn1)NCC. The molecule has 0 aliphatic carbocycles. The maximum atomic E-state index is 4.37. The average molecular weight is 218 g/mol. The predicted octanol–water partition coefficient (Wildman–Crippen LogP) is 2.96. The summed E-state index contributed by atoms with van der Waals surface area (Å²) < 4.78 is 0. The lowest BCUT2D eigenvalue weighted by atomic mass is 10.0. The molecule has 1 N–H and O–H groups in total. The molecule has 0 radical (unpaired) electrons. The number of allylic oxidation sites excluding steroid dienone is 1. The fraction of sp³-hybridized carbons (Fsp3) is 0.500. The van der Waals surface area contributed by atoms with E-state index in [2.05, 4.69) is 36.8 Å². The second kappa shape index (κ2) is 7.18. The molecule has 0 aliphatic rings. The van der Waals surface area contributed by atoms with Crippen molar-refractivity contribution in [3.63, 3.8) is 0 Å². The van der Waals surface area contributed by atoms with Crippen LogP contribution in [0, 0.1) is 0 Å². The molecular weight excluding hydrogens is 196 g/mol. The van der Waals surface area contributed by atoms with E-state index in [0.717, 1.165) is 31.5 Å². The van der Waals surface area contributed by atoms with Crippen molar-refractivity contribution in [1.82, 2.24) is 10.3 Å². The molecule has 16 heavy (non-hydrogen) atoms. The van der Waals surface area contributed by atoms with Crippen molar-refractivity contribution >= 4 is 0 Å². The largest absolute Gasteiger partial charge is 0.314 e. The lowest BCUT2D eigenvalue weighted by molar-refractivity contribution is 0.486. The summed E-state index contributed by atoms with van der Waals surface area (Å²) in [7, 11) is 0. The first-order chi connectivity index (χ1) is 7.72. The molecule has 0 bridgehead atoms. The zero-order valence-corrected chi connectivity index (χ0v) is 10.4. The van der Waals surface area contributed by atoms with Gasteiger partial charge in [-0.1, -0.05) is 18.6 Å². The molecule has 88 valence electrons. The van der Waals surface area contributed by atoms with Gasteiger partial charge >= 0.3 is 0 Å². The van der Waals surface area contributed by atoms with E-state index in [4.69, 9.17) is 0 Å². The zero-order valence-electron chi connectivity index (χ0n) is 10.4. The van der Waals surface area contributed by atoms with E-state index in [-0.39, 0.29) is 0 Å². The smallest absolute Gasteiger partial charge is 0.0419 e. The Kier molecular flexibility index (Phi) is 5.79.